The molecule has 0 bridgehead atoms. The number of carbonyl (C=O) groups excluding carboxylic acids is 1. The second kappa shape index (κ2) is 7.37. The molecule has 0 N–H and O–H groups in total. The Bertz CT molecular complexity index is 1010. The van der Waals surface area contributed by atoms with Crippen molar-refractivity contribution in [2.24, 2.45) is 0 Å². The Kier molecular flexibility index (Phi) is 5.01. The third-order valence-corrected chi connectivity index (χ3v) is 4.40. The molecule has 0 aliphatic carbocycles. The molecule has 0 aliphatic rings. The predicted octanol–water partition coefficient (Wildman–Crippen LogP) is 4.64. The number of nitrogens with zero attached hydrogens (tertiary/aromatic N) is 2. The Balaban J connectivity index is 2.12. The number of benzene rings is 2. The average Bonchev–Trinajstić information content (AvgIpc) is 2.97. The smallest absolute Gasteiger partial charge is 0.325 e. The van der Waals surface area contributed by atoms with Crippen LogP contribution in [0.25, 0.3) is 22.6 Å². The summed E-state index contributed by atoms with van der Waals surface area (Å²) in [5.41, 5.74) is 3.20. The van der Waals surface area contributed by atoms with E-state index in [-0.39, 0.29) is 12.5 Å². The monoisotopic (exact) mass is 394 g/mol. The molecule has 25 heavy (non-hydrogen) atoms. The van der Waals surface area contributed by atoms with E-state index >= 15 is 0 Å². The maximum Gasteiger partial charge on any atom is 0.325 e. The zero-order valence-electron chi connectivity index (χ0n) is 13.6. The van der Waals surface area contributed by atoms with Gasteiger partial charge in [0.25, 0.3) is 0 Å². The minimum Gasteiger partial charge on any atom is -0.468 e. The highest BCUT2D eigenvalue weighted by atomic mass is 79.9. The van der Waals surface area contributed by atoms with E-state index in [0.29, 0.717) is 5.57 Å². The number of fused-ring (bicyclic) bond motifs is 1. The molecule has 2 aromatic carbocycles. The standard InChI is InChI=1S/C20H15BrN2O2/c1-25-20(24)13-23-12-16(18-7-2-3-8-19(18)23)9-15(11-22)14-5-4-6-17(21)10-14/h2-10,12H,13H2,1H3/b15-9-. The van der Waals surface area contributed by atoms with E-state index in [9.17, 15) is 10.1 Å². The summed E-state index contributed by atoms with van der Waals surface area (Å²) in [6, 6.07) is 17.7. The Morgan fingerprint density at radius 3 is 2.80 bits per heavy atom. The van der Waals surface area contributed by atoms with E-state index in [2.05, 4.69) is 22.0 Å². The number of allylic oxidation sites excluding steroid dienone is 1. The SMILES string of the molecule is COC(=O)Cn1cc(/C=C(/C#N)c2cccc(Br)c2)c2ccccc21. The lowest BCUT2D eigenvalue weighted by Gasteiger charge is -2.02. The molecule has 0 amide bonds. The van der Waals surface area contributed by atoms with Crippen LogP contribution >= 0.6 is 15.9 Å². The largest absolute Gasteiger partial charge is 0.468 e. The zero-order valence-corrected chi connectivity index (χ0v) is 15.2. The van der Waals surface area contributed by atoms with Crippen molar-refractivity contribution in [2.75, 3.05) is 7.11 Å². The number of hydrogen-bond donors (Lipinski definition) is 0. The molecule has 0 aliphatic heterocycles. The molecular formula is C20H15BrN2O2. The summed E-state index contributed by atoms with van der Waals surface area (Å²) in [5.74, 6) is -0.316. The van der Waals surface area contributed by atoms with Crippen molar-refractivity contribution >= 4 is 44.5 Å². The van der Waals surface area contributed by atoms with E-state index in [0.717, 1.165) is 26.5 Å². The fourth-order valence-corrected chi connectivity index (χ4v) is 3.12. The minimum atomic E-state index is -0.316. The summed E-state index contributed by atoms with van der Waals surface area (Å²) in [6.45, 7) is 0.129. The van der Waals surface area contributed by atoms with Gasteiger partial charge in [0.1, 0.15) is 6.54 Å². The number of ether oxygens (including phenoxy) is 1. The van der Waals surface area contributed by atoms with Crippen LogP contribution in [0.5, 0.6) is 0 Å². The first kappa shape index (κ1) is 17.0. The van der Waals surface area contributed by atoms with Gasteiger partial charge in [-0.25, -0.2) is 0 Å². The fourth-order valence-electron chi connectivity index (χ4n) is 2.72. The first-order chi connectivity index (χ1) is 12.1. The number of aromatic nitrogens is 1. The van der Waals surface area contributed by atoms with Gasteiger partial charge in [0, 0.05) is 27.1 Å². The van der Waals surface area contributed by atoms with Crippen LogP contribution in [0.2, 0.25) is 0 Å². The normalized spacial score (nSPS) is 11.3. The van der Waals surface area contributed by atoms with Gasteiger partial charge in [-0.1, -0.05) is 46.3 Å². The van der Waals surface area contributed by atoms with Gasteiger partial charge in [-0.15, -0.1) is 0 Å². The zero-order chi connectivity index (χ0) is 17.8. The summed E-state index contributed by atoms with van der Waals surface area (Å²) in [6.07, 6.45) is 3.72. The molecule has 0 fully saturated rings. The fraction of sp³-hybridized carbons (Fsp3) is 0.100. The van der Waals surface area contributed by atoms with Crippen molar-refractivity contribution in [2.45, 2.75) is 6.54 Å². The molecule has 5 heteroatoms. The number of methoxy groups -OCH3 is 1. The third kappa shape index (κ3) is 3.65. The molecular weight excluding hydrogens is 380 g/mol. The topological polar surface area (TPSA) is 55.0 Å². The van der Waals surface area contributed by atoms with Gasteiger partial charge in [0.05, 0.1) is 18.8 Å². The Labute approximate surface area is 154 Å². The lowest BCUT2D eigenvalue weighted by Crippen LogP contribution is -2.10. The van der Waals surface area contributed by atoms with Gasteiger partial charge >= 0.3 is 5.97 Å². The highest BCUT2D eigenvalue weighted by molar-refractivity contribution is 9.10. The van der Waals surface area contributed by atoms with Gasteiger partial charge in [0.2, 0.25) is 0 Å². The average molecular weight is 395 g/mol. The van der Waals surface area contributed by atoms with Crippen LogP contribution in [0.3, 0.4) is 0 Å². The second-order valence-corrected chi connectivity index (χ2v) is 6.40. The number of rotatable bonds is 4. The van der Waals surface area contributed by atoms with E-state index in [1.807, 2.05) is 65.4 Å². The van der Waals surface area contributed by atoms with Gasteiger partial charge in [0.15, 0.2) is 0 Å². The molecule has 0 saturated heterocycles. The van der Waals surface area contributed by atoms with Crippen LogP contribution < -0.4 is 0 Å². The van der Waals surface area contributed by atoms with E-state index < -0.39 is 0 Å². The van der Waals surface area contributed by atoms with Crippen molar-refractivity contribution < 1.29 is 9.53 Å². The van der Waals surface area contributed by atoms with Crippen molar-refractivity contribution in [1.82, 2.24) is 4.57 Å². The van der Waals surface area contributed by atoms with Crippen molar-refractivity contribution in [1.29, 1.82) is 5.26 Å². The number of esters is 1. The van der Waals surface area contributed by atoms with Crippen LogP contribution in [-0.2, 0) is 16.1 Å². The lowest BCUT2D eigenvalue weighted by molar-refractivity contribution is -0.141. The summed E-state index contributed by atoms with van der Waals surface area (Å²) in [7, 11) is 1.37. The van der Waals surface area contributed by atoms with Crippen molar-refractivity contribution in [3.63, 3.8) is 0 Å². The maximum absolute atomic E-state index is 11.7. The number of carbonyl (C=O) groups is 1. The lowest BCUT2D eigenvalue weighted by atomic mass is 10.0. The molecule has 0 saturated carbocycles. The van der Waals surface area contributed by atoms with E-state index in [1.165, 1.54) is 7.11 Å². The summed E-state index contributed by atoms with van der Waals surface area (Å²) in [4.78, 5) is 11.7. The molecule has 1 aromatic heterocycles. The maximum atomic E-state index is 11.7. The summed E-state index contributed by atoms with van der Waals surface area (Å²) >= 11 is 3.43. The number of para-hydroxylation sites is 1. The number of hydrogen-bond acceptors (Lipinski definition) is 3. The first-order valence-corrected chi connectivity index (χ1v) is 8.44. The van der Waals surface area contributed by atoms with Crippen LogP contribution in [-0.4, -0.2) is 17.6 Å². The Morgan fingerprint density at radius 1 is 1.28 bits per heavy atom. The van der Waals surface area contributed by atoms with Crippen LogP contribution in [0.15, 0.2) is 59.2 Å². The molecule has 1 heterocycles. The third-order valence-electron chi connectivity index (χ3n) is 3.90. The highest BCUT2D eigenvalue weighted by Crippen LogP contribution is 2.27. The van der Waals surface area contributed by atoms with Crippen LogP contribution in [0, 0.1) is 11.3 Å². The van der Waals surface area contributed by atoms with E-state index in [4.69, 9.17) is 4.74 Å². The quantitative estimate of drug-likeness (QED) is 0.478. The molecule has 0 radical (unpaired) electrons. The highest BCUT2D eigenvalue weighted by Gasteiger charge is 2.11. The second-order valence-electron chi connectivity index (χ2n) is 5.49. The first-order valence-electron chi connectivity index (χ1n) is 7.65. The van der Waals surface area contributed by atoms with Crippen molar-refractivity contribution in [3.8, 4) is 6.07 Å². The van der Waals surface area contributed by atoms with Crippen molar-refractivity contribution in [3.05, 3.63) is 70.3 Å². The van der Waals surface area contributed by atoms with Crippen LogP contribution in [0.1, 0.15) is 11.1 Å². The number of nitriles is 1. The molecule has 3 rings (SSSR count). The minimum absolute atomic E-state index is 0.129. The van der Waals surface area contributed by atoms with Gasteiger partial charge in [-0.3, -0.25) is 4.79 Å². The Hall–Kier alpha value is -2.84. The molecule has 4 nitrogen and oxygen atoms in total. The summed E-state index contributed by atoms with van der Waals surface area (Å²) < 4.78 is 7.52. The number of halogens is 1. The molecule has 124 valence electrons. The molecule has 0 spiro atoms. The Morgan fingerprint density at radius 2 is 2.08 bits per heavy atom. The molecule has 0 unspecified atom stereocenters. The van der Waals surface area contributed by atoms with Gasteiger partial charge in [-0.05, 0) is 29.8 Å². The predicted molar refractivity (Wildman–Crippen MR) is 102 cm³/mol. The molecule has 3 aromatic rings. The molecule has 0 atom stereocenters. The van der Waals surface area contributed by atoms with Crippen LogP contribution in [0.4, 0.5) is 0 Å². The summed E-state index contributed by atoms with van der Waals surface area (Å²) in [5, 5.41) is 10.6. The van der Waals surface area contributed by atoms with Gasteiger partial charge < -0.3 is 9.30 Å². The van der Waals surface area contributed by atoms with Gasteiger partial charge in [-0.2, -0.15) is 5.26 Å². The van der Waals surface area contributed by atoms with E-state index in [1.54, 1.807) is 0 Å².